The van der Waals surface area contributed by atoms with Gasteiger partial charge in [-0.25, -0.2) is 9.97 Å². The lowest BCUT2D eigenvalue weighted by atomic mass is 9.81. The average Bonchev–Trinajstić information content (AvgIpc) is 3.13. The number of fused-ring (bicyclic) bond motifs is 1. The lowest BCUT2D eigenvalue weighted by Gasteiger charge is -2.27. The third-order valence-corrected chi connectivity index (χ3v) is 5.88. The molecule has 1 aliphatic carbocycles. The maximum atomic E-state index is 10.7. The summed E-state index contributed by atoms with van der Waals surface area (Å²) in [6, 6.07) is 2.09. The molecule has 0 bridgehead atoms. The van der Waals surface area contributed by atoms with Crippen LogP contribution in [0.25, 0.3) is 11.0 Å². The number of nitrogens with zero attached hydrogens (tertiary/aromatic N) is 4. The van der Waals surface area contributed by atoms with Crippen LogP contribution >= 0.6 is 0 Å². The van der Waals surface area contributed by atoms with Crippen molar-refractivity contribution in [2.75, 3.05) is 19.3 Å². The highest BCUT2D eigenvalue weighted by molar-refractivity contribution is 5.86. The molecule has 3 heterocycles. The van der Waals surface area contributed by atoms with E-state index in [0.717, 1.165) is 24.8 Å². The minimum Gasteiger partial charge on any atom is -0.390 e. The van der Waals surface area contributed by atoms with Crippen molar-refractivity contribution in [1.29, 1.82) is 0 Å². The van der Waals surface area contributed by atoms with Gasteiger partial charge in [-0.15, -0.1) is 0 Å². The second-order valence-corrected chi connectivity index (χ2v) is 7.26. The lowest BCUT2D eigenvalue weighted by Crippen LogP contribution is -2.38. The molecule has 1 unspecified atom stereocenters. The molecule has 0 radical (unpaired) electrons. The Kier molecular flexibility index (Phi) is 3.16. The van der Waals surface area contributed by atoms with E-state index in [2.05, 4.69) is 28.8 Å². The third kappa shape index (κ3) is 2.00. The van der Waals surface area contributed by atoms with Gasteiger partial charge in [-0.2, -0.15) is 0 Å². The monoisotopic (exact) mass is 317 g/mol. The minimum absolute atomic E-state index is 0.199. The number of rotatable bonds is 1. The predicted molar refractivity (Wildman–Crippen MR) is 86.8 cm³/mol. The van der Waals surface area contributed by atoms with Crippen LogP contribution in [-0.2, 0) is 0 Å². The highest BCUT2D eigenvalue weighted by atomic mass is 16.3. The number of anilines is 1. The van der Waals surface area contributed by atoms with E-state index in [9.17, 15) is 10.2 Å². The first-order chi connectivity index (χ1) is 10.9. The predicted octanol–water partition coefficient (Wildman–Crippen LogP) is 0.391. The average molecular weight is 317 g/mol. The summed E-state index contributed by atoms with van der Waals surface area (Å²) in [5.41, 5.74) is 6.36. The first-order valence-electron chi connectivity index (χ1n) is 8.06. The Balaban J connectivity index is 1.74. The first-order valence-corrected chi connectivity index (χ1v) is 8.06. The number of aliphatic hydroxyl groups excluding tert-OH is 2. The van der Waals surface area contributed by atoms with Crippen molar-refractivity contribution in [1.82, 2.24) is 19.4 Å². The molecule has 1 spiro atoms. The van der Waals surface area contributed by atoms with Gasteiger partial charge in [-0.1, -0.05) is 0 Å². The number of likely N-dealkylation sites (tertiary alicyclic amines) is 1. The number of aliphatic hydroxyl groups is 2. The molecule has 4 rings (SSSR count). The van der Waals surface area contributed by atoms with Crippen LogP contribution in [0, 0.1) is 5.41 Å². The zero-order valence-corrected chi connectivity index (χ0v) is 13.4. The van der Waals surface area contributed by atoms with Gasteiger partial charge in [0.15, 0.2) is 0 Å². The van der Waals surface area contributed by atoms with Gasteiger partial charge in [0.05, 0.1) is 17.5 Å². The molecule has 23 heavy (non-hydrogen) atoms. The van der Waals surface area contributed by atoms with Crippen LogP contribution in [0.3, 0.4) is 0 Å². The van der Waals surface area contributed by atoms with Crippen molar-refractivity contribution in [2.24, 2.45) is 5.41 Å². The largest absolute Gasteiger partial charge is 0.390 e. The second kappa shape index (κ2) is 4.90. The van der Waals surface area contributed by atoms with E-state index in [4.69, 9.17) is 5.73 Å². The highest BCUT2D eigenvalue weighted by Crippen LogP contribution is 2.52. The Bertz CT molecular complexity index is 735. The molecule has 1 saturated heterocycles. The first kappa shape index (κ1) is 14.9. The Morgan fingerprint density at radius 2 is 2.09 bits per heavy atom. The smallest absolute Gasteiger partial charge is 0.145 e. The maximum Gasteiger partial charge on any atom is 0.145 e. The van der Waals surface area contributed by atoms with Crippen LogP contribution in [-0.4, -0.2) is 61.5 Å². The van der Waals surface area contributed by atoms with E-state index >= 15 is 0 Å². The summed E-state index contributed by atoms with van der Waals surface area (Å²) in [7, 11) is 2.07. The minimum atomic E-state index is -0.805. The number of hydrogen-bond acceptors (Lipinski definition) is 6. The van der Waals surface area contributed by atoms with E-state index in [1.807, 2.05) is 16.8 Å². The topological polar surface area (TPSA) is 100 Å². The van der Waals surface area contributed by atoms with E-state index in [0.29, 0.717) is 17.5 Å². The molecule has 4 N–H and O–H groups in total. The molecule has 7 heteroatoms. The van der Waals surface area contributed by atoms with Crippen molar-refractivity contribution in [2.45, 2.75) is 44.1 Å². The lowest BCUT2D eigenvalue weighted by molar-refractivity contribution is -0.0238. The van der Waals surface area contributed by atoms with Crippen molar-refractivity contribution < 1.29 is 10.2 Å². The molecule has 1 aliphatic heterocycles. The Morgan fingerprint density at radius 1 is 1.30 bits per heavy atom. The fourth-order valence-electron chi connectivity index (χ4n) is 4.58. The Morgan fingerprint density at radius 3 is 2.78 bits per heavy atom. The fraction of sp³-hybridized carbons (Fsp3) is 0.625. The van der Waals surface area contributed by atoms with Crippen molar-refractivity contribution in [3.05, 3.63) is 18.6 Å². The fourth-order valence-corrected chi connectivity index (χ4v) is 4.58. The summed E-state index contributed by atoms with van der Waals surface area (Å²) in [5, 5.41) is 22.2. The van der Waals surface area contributed by atoms with Gasteiger partial charge in [0.2, 0.25) is 0 Å². The number of nitrogens with two attached hydrogens (primary N) is 1. The van der Waals surface area contributed by atoms with Gasteiger partial charge in [0.25, 0.3) is 0 Å². The standard InChI is InChI=1S/C16H23N5O2/c1-9-5-16(7-20(9)2)6-11(12(22)13(16)23)21-4-3-10-14(17)18-8-19-15(10)21/h3-4,8-9,11-13,22-23H,5-7H2,1-2H3,(H2,17,18,19)/t9?,11-,12+,13+,16+/m1/s1. The highest BCUT2D eigenvalue weighted by Gasteiger charge is 2.57. The zero-order chi connectivity index (χ0) is 16.4. The van der Waals surface area contributed by atoms with Gasteiger partial charge in [0.1, 0.15) is 23.9 Å². The molecule has 5 atom stereocenters. The summed E-state index contributed by atoms with van der Waals surface area (Å²) >= 11 is 0. The van der Waals surface area contributed by atoms with Gasteiger partial charge >= 0.3 is 0 Å². The van der Waals surface area contributed by atoms with Crippen LogP contribution in [0.15, 0.2) is 18.6 Å². The quantitative estimate of drug-likeness (QED) is 0.703. The third-order valence-electron chi connectivity index (χ3n) is 5.88. The van der Waals surface area contributed by atoms with Gasteiger partial charge in [0, 0.05) is 24.2 Å². The summed E-state index contributed by atoms with van der Waals surface area (Å²) in [5.74, 6) is 0.436. The van der Waals surface area contributed by atoms with Gasteiger partial charge in [-0.3, -0.25) is 0 Å². The summed E-state index contributed by atoms with van der Waals surface area (Å²) in [6.07, 6.45) is 3.42. The van der Waals surface area contributed by atoms with E-state index < -0.39 is 12.2 Å². The van der Waals surface area contributed by atoms with Crippen LogP contribution in [0.2, 0.25) is 0 Å². The molecule has 7 nitrogen and oxygen atoms in total. The van der Waals surface area contributed by atoms with E-state index in [-0.39, 0.29) is 11.5 Å². The molecule has 2 aliphatic rings. The molecular formula is C16H23N5O2. The normalized spacial score (nSPS) is 38.1. The molecule has 0 amide bonds. The molecule has 2 aromatic rings. The Labute approximate surface area is 134 Å². The van der Waals surface area contributed by atoms with Crippen LogP contribution in [0.1, 0.15) is 25.8 Å². The number of hydrogen-bond donors (Lipinski definition) is 3. The molecule has 1 saturated carbocycles. The van der Waals surface area contributed by atoms with Crippen molar-refractivity contribution >= 4 is 16.9 Å². The van der Waals surface area contributed by atoms with E-state index in [1.165, 1.54) is 6.33 Å². The van der Waals surface area contributed by atoms with Crippen molar-refractivity contribution in [3.63, 3.8) is 0 Å². The summed E-state index contributed by atoms with van der Waals surface area (Å²) < 4.78 is 1.94. The molecule has 0 aromatic carbocycles. The second-order valence-electron chi connectivity index (χ2n) is 7.26. The van der Waals surface area contributed by atoms with Gasteiger partial charge < -0.3 is 25.4 Å². The molecule has 2 aromatic heterocycles. The maximum absolute atomic E-state index is 10.7. The summed E-state index contributed by atoms with van der Waals surface area (Å²) in [4.78, 5) is 10.6. The molecule has 2 fully saturated rings. The van der Waals surface area contributed by atoms with Crippen LogP contribution in [0.4, 0.5) is 5.82 Å². The van der Waals surface area contributed by atoms with E-state index in [1.54, 1.807) is 0 Å². The number of nitrogen functional groups attached to an aromatic ring is 1. The zero-order valence-electron chi connectivity index (χ0n) is 13.4. The van der Waals surface area contributed by atoms with Crippen molar-refractivity contribution in [3.8, 4) is 0 Å². The molecular weight excluding hydrogens is 294 g/mol. The molecule has 124 valence electrons. The summed E-state index contributed by atoms with van der Waals surface area (Å²) in [6.45, 7) is 2.97. The number of aromatic nitrogens is 3. The Hall–Kier alpha value is -1.70. The van der Waals surface area contributed by atoms with Crippen LogP contribution < -0.4 is 5.73 Å². The van der Waals surface area contributed by atoms with Gasteiger partial charge in [-0.05, 0) is 32.9 Å². The van der Waals surface area contributed by atoms with Crippen LogP contribution in [0.5, 0.6) is 0 Å². The SMILES string of the molecule is CC1C[C@]2(C[C@@H](n3ccc4c(N)ncnc43)[C@H](O)[C@@H]2O)CN1C.